The molecule has 206 valence electrons. The number of phenolic OH excluding ortho intramolecular Hbond substituents is 1. The van der Waals surface area contributed by atoms with Crippen molar-refractivity contribution in [3.63, 3.8) is 0 Å². The van der Waals surface area contributed by atoms with Gasteiger partial charge in [0.05, 0.1) is 12.6 Å². The Kier molecular flexibility index (Phi) is 13.5. The van der Waals surface area contributed by atoms with E-state index in [1.165, 1.54) is 25.7 Å². The molecule has 2 amide bonds. The number of benzene rings is 1. The van der Waals surface area contributed by atoms with Gasteiger partial charge in [-0.3, -0.25) is 14.6 Å². The second-order valence-corrected chi connectivity index (χ2v) is 9.74. The number of hydrogen-bond donors (Lipinski definition) is 5. The number of nitrogens with one attached hydrogen (secondary N) is 2. The van der Waals surface area contributed by atoms with Crippen LogP contribution in [-0.2, 0) is 14.4 Å². The number of nitrogens with zero attached hydrogens (tertiary/aromatic N) is 2. The first-order valence-corrected chi connectivity index (χ1v) is 13.4. The van der Waals surface area contributed by atoms with Gasteiger partial charge in [-0.1, -0.05) is 44.4 Å². The SMILES string of the molecule is CCCN=C(N)N.O=CCNC(=O)[C@@H]1CCCN1C(=O)C1C[C@H]2CCCCC2CN1.Oc1ccccc1. The quantitative estimate of drug-likeness (QED) is 0.217. The zero-order valence-corrected chi connectivity index (χ0v) is 22.0. The van der Waals surface area contributed by atoms with Crippen LogP contribution in [0.3, 0.4) is 0 Å². The van der Waals surface area contributed by atoms with Crippen LogP contribution in [0.25, 0.3) is 0 Å². The highest BCUT2D eigenvalue weighted by atomic mass is 16.3. The summed E-state index contributed by atoms with van der Waals surface area (Å²) in [5.74, 6) is 1.75. The van der Waals surface area contributed by atoms with Crippen molar-refractivity contribution < 1.29 is 19.5 Å². The Balaban J connectivity index is 0.000000281. The van der Waals surface area contributed by atoms with Crippen LogP contribution < -0.4 is 22.1 Å². The highest BCUT2D eigenvalue weighted by molar-refractivity contribution is 5.91. The van der Waals surface area contributed by atoms with Gasteiger partial charge in [0, 0.05) is 13.1 Å². The van der Waals surface area contributed by atoms with Gasteiger partial charge in [0.2, 0.25) is 11.8 Å². The molecule has 1 aliphatic carbocycles. The lowest BCUT2D eigenvalue weighted by molar-refractivity contribution is -0.141. The fraction of sp³-hybridized carbons (Fsp3) is 0.630. The molecule has 0 bridgehead atoms. The highest BCUT2D eigenvalue weighted by Crippen LogP contribution is 2.36. The summed E-state index contributed by atoms with van der Waals surface area (Å²) in [6.07, 6.45) is 9.22. The van der Waals surface area contributed by atoms with Crippen molar-refractivity contribution in [1.29, 1.82) is 0 Å². The number of aldehydes is 1. The van der Waals surface area contributed by atoms with Crippen molar-refractivity contribution in [2.75, 3.05) is 26.2 Å². The second-order valence-electron chi connectivity index (χ2n) is 9.74. The number of rotatable bonds is 6. The molecule has 1 aromatic carbocycles. The van der Waals surface area contributed by atoms with Gasteiger partial charge in [-0.2, -0.15) is 0 Å². The molecule has 1 aromatic rings. The summed E-state index contributed by atoms with van der Waals surface area (Å²) in [5, 5.41) is 14.6. The molecule has 2 saturated heterocycles. The molecule has 0 radical (unpaired) electrons. The van der Waals surface area contributed by atoms with E-state index in [4.69, 9.17) is 16.6 Å². The van der Waals surface area contributed by atoms with Crippen LogP contribution in [0.4, 0.5) is 0 Å². The largest absolute Gasteiger partial charge is 0.508 e. The van der Waals surface area contributed by atoms with Crippen LogP contribution in [0.5, 0.6) is 5.75 Å². The summed E-state index contributed by atoms with van der Waals surface area (Å²) in [7, 11) is 0. The van der Waals surface area contributed by atoms with Gasteiger partial charge in [-0.05, 0) is 62.6 Å². The summed E-state index contributed by atoms with van der Waals surface area (Å²) < 4.78 is 0. The lowest BCUT2D eigenvalue weighted by Crippen LogP contribution is -2.56. The lowest BCUT2D eigenvalue weighted by atomic mass is 9.73. The van der Waals surface area contributed by atoms with Crippen LogP contribution in [0, 0.1) is 11.8 Å². The normalized spacial score (nSPS) is 24.2. The number of guanidine groups is 1. The molecule has 0 aromatic heterocycles. The van der Waals surface area contributed by atoms with E-state index in [-0.39, 0.29) is 30.4 Å². The zero-order valence-electron chi connectivity index (χ0n) is 22.0. The molecule has 1 saturated carbocycles. The molecule has 3 fully saturated rings. The number of aliphatic imine (C=N–C) groups is 1. The molecule has 4 atom stereocenters. The van der Waals surface area contributed by atoms with E-state index < -0.39 is 6.04 Å². The van der Waals surface area contributed by atoms with Gasteiger partial charge < -0.3 is 36.9 Å². The van der Waals surface area contributed by atoms with Crippen molar-refractivity contribution in [3.05, 3.63) is 30.3 Å². The number of para-hydroxylation sites is 1. The fourth-order valence-electron chi connectivity index (χ4n) is 5.16. The van der Waals surface area contributed by atoms with E-state index in [2.05, 4.69) is 15.6 Å². The zero-order chi connectivity index (χ0) is 27.0. The van der Waals surface area contributed by atoms with E-state index in [1.807, 2.05) is 13.0 Å². The van der Waals surface area contributed by atoms with Crippen LogP contribution in [0.15, 0.2) is 35.3 Å². The second kappa shape index (κ2) is 16.6. The smallest absolute Gasteiger partial charge is 0.243 e. The van der Waals surface area contributed by atoms with Crippen molar-refractivity contribution in [3.8, 4) is 5.75 Å². The number of hydrogen-bond acceptors (Lipinski definition) is 6. The van der Waals surface area contributed by atoms with Gasteiger partial charge in [0.1, 0.15) is 18.1 Å². The first kappa shape index (κ1) is 30.1. The van der Waals surface area contributed by atoms with Gasteiger partial charge in [0.25, 0.3) is 0 Å². The Labute approximate surface area is 220 Å². The van der Waals surface area contributed by atoms with Crippen LogP contribution in [0.1, 0.15) is 58.3 Å². The minimum atomic E-state index is -0.409. The number of fused-ring (bicyclic) bond motifs is 1. The minimum Gasteiger partial charge on any atom is -0.508 e. The molecular weight excluding hydrogens is 472 g/mol. The summed E-state index contributed by atoms with van der Waals surface area (Å²) >= 11 is 0. The van der Waals surface area contributed by atoms with Crippen molar-refractivity contribution in [1.82, 2.24) is 15.5 Å². The number of carbonyl (C=O) groups is 3. The minimum absolute atomic E-state index is 0.0167. The predicted octanol–water partition coefficient (Wildman–Crippen LogP) is 1.52. The number of piperidine rings is 1. The molecular formula is C27H44N6O4. The Morgan fingerprint density at radius 2 is 1.84 bits per heavy atom. The first-order chi connectivity index (χ1) is 17.9. The first-order valence-electron chi connectivity index (χ1n) is 13.4. The topological polar surface area (TPSA) is 163 Å². The monoisotopic (exact) mass is 516 g/mol. The van der Waals surface area contributed by atoms with Gasteiger partial charge >= 0.3 is 0 Å². The number of likely N-dealkylation sites (tertiary alicyclic amines) is 1. The fourth-order valence-corrected chi connectivity index (χ4v) is 5.16. The third kappa shape index (κ3) is 10.4. The Morgan fingerprint density at radius 1 is 1.14 bits per heavy atom. The lowest BCUT2D eigenvalue weighted by Gasteiger charge is -2.40. The van der Waals surface area contributed by atoms with Gasteiger partial charge in [-0.15, -0.1) is 0 Å². The van der Waals surface area contributed by atoms with E-state index in [9.17, 15) is 14.4 Å². The Morgan fingerprint density at radius 3 is 2.41 bits per heavy atom. The Bertz CT molecular complexity index is 862. The summed E-state index contributed by atoms with van der Waals surface area (Å²) in [6.45, 7) is 4.35. The van der Waals surface area contributed by atoms with E-state index in [1.54, 1.807) is 29.2 Å². The number of carbonyl (C=O) groups excluding carboxylic acids is 3. The van der Waals surface area contributed by atoms with Crippen LogP contribution in [-0.4, -0.2) is 72.3 Å². The maximum absolute atomic E-state index is 12.9. The maximum Gasteiger partial charge on any atom is 0.243 e. The number of amides is 2. The third-order valence-electron chi connectivity index (χ3n) is 7.00. The van der Waals surface area contributed by atoms with Crippen molar-refractivity contribution in [2.45, 2.75) is 70.4 Å². The molecule has 0 spiro atoms. The molecule has 7 N–H and O–H groups in total. The average molecular weight is 517 g/mol. The summed E-state index contributed by atoms with van der Waals surface area (Å²) in [6, 6.07) is 8.16. The van der Waals surface area contributed by atoms with Crippen LogP contribution in [0.2, 0.25) is 0 Å². The van der Waals surface area contributed by atoms with Gasteiger partial charge in [0.15, 0.2) is 5.96 Å². The van der Waals surface area contributed by atoms with Crippen LogP contribution >= 0.6 is 0 Å². The summed E-state index contributed by atoms with van der Waals surface area (Å²) in [5.41, 5.74) is 10.0. The average Bonchev–Trinajstić information content (AvgIpc) is 3.41. The van der Waals surface area contributed by atoms with Crippen molar-refractivity contribution >= 4 is 24.1 Å². The van der Waals surface area contributed by atoms with E-state index >= 15 is 0 Å². The molecule has 3 aliphatic rings. The van der Waals surface area contributed by atoms with Crippen molar-refractivity contribution in [2.24, 2.45) is 28.3 Å². The molecule has 4 rings (SSSR count). The third-order valence-corrected chi connectivity index (χ3v) is 7.00. The van der Waals surface area contributed by atoms with Gasteiger partial charge in [-0.25, -0.2) is 0 Å². The highest BCUT2D eigenvalue weighted by Gasteiger charge is 2.40. The molecule has 2 aliphatic heterocycles. The summed E-state index contributed by atoms with van der Waals surface area (Å²) in [4.78, 5) is 40.9. The molecule has 2 heterocycles. The number of nitrogens with two attached hydrogens (primary N) is 2. The number of phenols is 1. The number of aromatic hydroxyl groups is 1. The molecule has 2 unspecified atom stereocenters. The molecule has 10 nitrogen and oxygen atoms in total. The molecule has 10 heteroatoms. The predicted molar refractivity (Wildman–Crippen MR) is 145 cm³/mol. The Hall–Kier alpha value is -3.14. The standard InChI is InChI=1S/C17H27N3O3.C6H6O.C4H11N3/c21-9-7-18-16(22)15-6-3-8-20(15)17(23)14-10-12-4-1-2-5-13(12)11-19-14;7-6-4-2-1-3-5-6;1-2-3-7-4(5)6/h9,12-15,19H,1-8,10-11H2,(H,18,22);1-5,7H;2-3H2,1H3,(H4,5,6,7)/t12-,13?,14?,15+;;/m1../s1. The maximum atomic E-state index is 12.9. The van der Waals surface area contributed by atoms with E-state index in [0.29, 0.717) is 30.9 Å². The molecule has 37 heavy (non-hydrogen) atoms. The van der Waals surface area contributed by atoms with E-state index in [0.717, 1.165) is 38.3 Å².